The summed E-state index contributed by atoms with van der Waals surface area (Å²) in [6.07, 6.45) is 1.60. The Bertz CT molecular complexity index is 577. The number of aromatic hydroxyl groups is 1. The Hall–Kier alpha value is -1.48. The number of rotatable bonds is 0. The van der Waals surface area contributed by atoms with Gasteiger partial charge < -0.3 is 9.52 Å². The zero-order valence-corrected chi connectivity index (χ0v) is 7.47. The summed E-state index contributed by atoms with van der Waals surface area (Å²) in [7, 11) is 0. The summed E-state index contributed by atoms with van der Waals surface area (Å²) in [6.45, 7) is 0. The van der Waals surface area contributed by atoms with Crippen LogP contribution in [0.2, 0.25) is 0 Å². The SMILES string of the molecule is Oc1cc2ccsc2c2occc12. The zero-order valence-electron chi connectivity index (χ0n) is 6.65. The minimum atomic E-state index is 0.287. The lowest BCUT2D eigenvalue weighted by Crippen LogP contribution is -1.67. The molecule has 2 nitrogen and oxygen atoms in total. The van der Waals surface area contributed by atoms with E-state index in [1.54, 1.807) is 29.7 Å². The van der Waals surface area contributed by atoms with E-state index in [9.17, 15) is 5.11 Å². The van der Waals surface area contributed by atoms with E-state index >= 15 is 0 Å². The molecule has 1 aromatic carbocycles. The van der Waals surface area contributed by atoms with Crippen molar-refractivity contribution in [3.8, 4) is 5.75 Å². The van der Waals surface area contributed by atoms with Crippen LogP contribution in [-0.4, -0.2) is 5.11 Å². The molecule has 13 heavy (non-hydrogen) atoms. The largest absolute Gasteiger partial charge is 0.507 e. The highest BCUT2D eigenvalue weighted by molar-refractivity contribution is 7.18. The molecule has 0 amide bonds. The molecule has 0 aliphatic carbocycles. The molecule has 2 aromatic heterocycles. The fourth-order valence-electron chi connectivity index (χ4n) is 1.53. The minimum Gasteiger partial charge on any atom is -0.507 e. The molecule has 0 unspecified atom stereocenters. The molecule has 0 atom stereocenters. The topological polar surface area (TPSA) is 33.4 Å². The van der Waals surface area contributed by atoms with Crippen LogP contribution in [0.15, 0.2) is 34.3 Å². The number of thiophene rings is 1. The third kappa shape index (κ3) is 0.820. The minimum absolute atomic E-state index is 0.287. The Balaban J connectivity index is 2.70. The first-order valence-electron chi connectivity index (χ1n) is 3.92. The van der Waals surface area contributed by atoms with Crippen LogP contribution >= 0.6 is 11.3 Å². The fourth-order valence-corrected chi connectivity index (χ4v) is 2.41. The molecule has 0 saturated heterocycles. The van der Waals surface area contributed by atoms with E-state index in [4.69, 9.17) is 4.42 Å². The van der Waals surface area contributed by atoms with E-state index in [0.29, 0.717) is 0 Å². The van der Waals surface area contributed by atoms with E-state index in [-0.39, 0.29) is 5.75 Å². The van der Waals surface area contributed by atoms with Gasteiger partial charge in [0.15, 0.2) is 5.58 Å². The van der Waals surface area contributed by atoms with Crippen LogP contribution in [0, 0.1) is 0 Å². The monoisotopic (exact) mass is 190 g/mol. The molecule has 0 fully saturated rings. The van der Waals surface area contributed by atoms with Crippen molar-refractivity contribution in [3.05, 3.63) is 29.8 Å². The highest BCUT2D eigenvalue weighted by Gasteiger charge is 2.08. The van der Waals surface area contributed by atoms with E-state index in [1.807, 2.05) is 11.4 Å². The van der Waals surface area contributed by atoms with Gasteiger partial charge in [0.2, 0.25) is 0 Å². The van der Waals surface area contributed by atoms with Crippen LogP contribution in [0.25, 0.3) is 21.1 Å². The van der Waals surface area contributed by atoms with E-state index in [2.05, 4.69) is 0 Å². The lowest BCUT2D eigenvalue weighted by molar-refractivity contribution is 0.482. The van der Waals surface area contributed by atoms with E-state index in [0.717, 1.165) is 21.1 Å². The van der Waals surface area contributed by atoms with Gasteiger partial charge in [-0.1, -0.05) is 0 Å². The van der Waals surface area contributed by atoms with Gasteiger partial charge in [-0.25, -0.2) is 0 Å². The Morgan fingerprint density at radius 2 is 2.23 bits per heavy atom. The van der Waals surface area contributed by atoms with Crippen LogP contribution in [0.3, 0.4) is 0 Å². The second-order valence-corrected chi connectivity index (χ2v) is 3.81. The quantitative estimate of drug-likeness (QED) is 0.589. The van der Waals surface area contributed by atoms with Gasteiger partial charge in [-0.05, 0) is 29.0 Å². The van der Waals surface area contributed by atoms with Crippen LogP contribution in [-0.2, 0) is 0 Å². The predicted octanol–water partition coefficient (Wildman–Crippen LogP) is 3.35. The molecule has 3 rings (SSSR count). The first-order valence-corrected chi connectivity index (χ1v) is 4.80. The van der Waals surface area contributed by atoms with Gasteiger partial charge in [0, 0.05) is 0 Å². The number of phenols is 1. The summed E-state index contributed by atoms with van der Waals surface area (Å²) in [5.41, 5.74) is 0.782. The van der Waals surface area contributed by atoms with Crippen molar-refractivity contribution in [2.24, 2.45) is 0 Å². The Morgan fingerprint density at radius 3 is 3.15 bits per heavy atom. The molecule has 0 spiro atoms. The zero-order chi connectivity index (χ0) is 8.84. The molecule has 0 radical (unpaired) electrons. The molecule has 0 bridgehead atoms. The van der Waals surface area contributed by atoms with Gasteiger partial charge in [-0.3, -0.25) is 0 Å². The molecule has 2 heterocycles. The summed E-state index contributed by atoms with van der Waals surface area (Å²) in [4.78, 5) is 0. The second-order valence-electron chi connectivity index (χ2n) is 2.90. The normalized spacial score (nSPS) is 11.4. The third-order valence-electron chi connectivity index (χ3n) is 2.14. The smallest absolute Gasteiger partial charge is 0.155 e. The van der Waals surface area contributed by atoms with Crippen molar-refractivity contribution in [1.29, 1.82) is 0 Å². The lowest BCUT2D eigenvalue weighted by Gasteiger charge is -1.94. The first-order chi connectivity index (χ1) is 6.36. The molecule has 3 aromatic rings. The van der Waals surface area contributed by atoms with Crippen molar-refractivity contribution >= 4 is 32.4 Å². The maximum Gasteiger partial charge on any atom is 0.155 e. The highest BCUT2D eigenvalue weighted by Crippen LogP contribution is 2.36. The average Bonchev–Trinajstić information content (AvgIpc) is 2.66. The van der Waals surface area contributed by atoms with E-state index in [1.165, 1.54) is 0 Å². The number of fused-ring (bicyclic) bond motifs is 3. The van der Waals surface area contributed by atoms with E-state index < -0.39 is 0 Å². The van der Waals surface area contributed by atoms with Gasteiger partial charge in [0.25, 0.3) is 0 Å². The third-order valence-corrected chi connectivity index (χ3v) is 3.06. The number of hydrogen-bond donors (Lipinski definition) is 1. The lowest BCUT2D eigenvalue weighted by atomic mass is 10.2. The summed E-state index contributed by atoms with van der Waals surface area (Å²) in [6, 6.07) is 5.52. The molecule has 0 saturated carbocycles. The number of furan rings is 1. The van der Waals surface area contributed by atoms with Crippen LogP contribution in [0.5, 0.6) is 5.75 Å². The predicted molar refractivity (Wildman–Crippen MR) is 53.3 cm³/mol. The second kappa shape index (κ2) is 2.26. The summed E-state index contributed by atoms with van der Waals surface area (Å²) < 4.78 is 6.42. The molecule has 0 aliphatic heterocycles. The standard InChI is InChI=1S/C10H6O2S/c11-8-5-6-2-4-13-10(6)9-7(8)1-3-12-9/h1-5,11H. The van der Waals surface area contributed by atoms with Gasteiger partial charge >= 0.3 is 0 Å². The summed E-state index contributed by atoms with van der Waals surface area (Å²) in [5.74, 6) is 0.287. The van der Waals surface area contributed by atoms with Crippen molar-refractivity contribution < 1.29 is 9.52 Å². The molecule has 64 valence electrons. The fraction of sp³-hybridized carbons (Fsp3) is 0. The molecule has 1 N–H and O–H groups in total. The van der Waals surface area contributed by atoms with Crippen molar-refractivity contribution in [3.63, 3.8) is 0 Å². The van der Waals surface area contributed by atoms with Crippen molar-refractivity contribution in [1.82, 2.24) is 0 Å². The Labute approximate surface area is 78.0 Å². The average molecular weight is 190 g/mol. The molecule has 3 heteroatoms. The summed E-state index contributed by atoms with van der Waals surface area (Å²) in [5, 5.41) is 13.4. The van der Waals surface area contributed by atoms with Gasteiger partial charge in [0.05, 0.1) is 16.3 Å². The Kier molecular flexibility index (Phi) is 1.21. The van der Waals surface area contributed by atoms with Crippen molar-refractivity contribution in [2.75, 3.05) is 0 Å². The molecular weight excluding hydrogens is 184 g/mol. The van der Waals surface area contributed by atoms with Gasteiger partial charge in [0.1, 0.15) is 5.75 Å². The highest BCUT2D eigenvalue weighted by atomic mass is 32.1. The molecular formula is C10H6O2S. The maximum atomic E-state index is 9.62. The number of benzene rings is 1. The van der Waals surface area contributed by atoms with Gasteiger partial charge in [-0.2, -0.15) is 0 Å². The number of hydrogen-bond acceptors (Lipinski definition) is 3. The first kappa shape index (κ1) is 6.97. The number of phenolic OH excluding ortho intramolecular Hbond substituents is 1. The van der Waals surface area contributed by atoms with Gasteiger partial charge in [-0.15, -0.1) is 11.3 Å². The maximum absolute atomic E-state index is 9.62. The van der Waals surface area contributed by atoms with Crippen LogP contribution in [0.1, 0.15) is 0 Å². The van der Waals surface area contributed by atoms with Crippen LogP contribution in [0.4, 0.5) is 0 Å². The van der Waals surface area contributed by atoms with Crippen LogP contribution < -0.4 is 0 Å². The van der Waals surface area contributed by atoms with Crippen molar-refractivity contribution in [2.45, 2.75) is 0 Å². The summed E-state index contributed by atoms with van der Waals surface area (Å²) >= 11 is 1.63. The Morgan fingerprint density at radius 1 is 1.31 bits per heavy atom. The molecule has 0 aliphatic rings.